The van der Waals surface area contributed by atoms with Gasteiger partial charge in [0.15, 0.2) is 11.6 Å². The van der Waals surface area contributed by atoms with E-state index in [1.807, 2.05) is 0 Å². The molecule has 18 heavy (non-hydrogen) atoms. The molecule has 0 saturated carbocycles. The lowest BCUT2D eigenvalue weighted by atomic mass is 10.3. The number of carbonyl (C=O) groups is 1. The second kappa shape index (κ2) is 6.43. The van der Waals surface area contributed by atoms with E-state index in [0.29, 0.717) is 6.26 Å². The van der Waals surface area contributed by atoms with E-state index >= 15 is 0 Å². The molecule has 1 rings (SSSR count). The number of ether oxygens (including phenoxy) is 1. The van der Waals surface area contributed by atoms with Gasteiger partial charge in [0.2, 0.25) is 5.70 Å². The van der Waals surface area contributed by atoms with Crippen molar-refractivity contribution in [3.63, 3.8) is 0 Å². The summed E-state index contributed by atoms with van der Waals surface area (Å²) >= 11 is 0. The van der Waals surface area contributed by atoms with Crippen LogP contribution in [-0.4, -0.2) is 17.7 Å². The standard InChI is InChI=1S/C11H10F2N2O3/c1-2-18-11(17)10(6-16)15-14-7-3-4-8(12)9(13)5-7/h3-6,16H,2H2,1H3. The van der Waals surface area contributed by atoms with Crippen molar-refractivity contribution in [3.8, 4) is 0 Å². The molecular weight excluding hydrogens is 246 g/mol. The number of rotatable bonds is 4. The highest BCUT2D eigenvalue weighted by molar-refractivity contribution is 5.87. The van der Waals surface area contributed by atoms with E-state index < -0.39 is 23.3 Å². The number of benzene rings is 1. The van der Waals surface area contributed by atoms with Crippen molar-refractivity contribution in [2.75, 3.05) is 6.61 Å². The number of esters is 1. The zero-order valence-corrected chi connectivity index (χ0v) is 9.43. The van der Waals surface area contributed by atoms with Crippen molar-refractivity contribution < 1.29 is 23.4 Å². The Morgan fingerprint density at radius 2 is 2.17 bits per heavy atom. The summed E-state index contributed by atoms with van der Waals surface area (Å²) in [7, 11) is 0. The Balaban J connectivity index is 2.84. The van der Waals surface area contributed by atoms with Crippen LogP contribution in [0.25, 0.3) is 0 Å². The molecule has 0 aromatic heterocycles. The number of hydrogen-bond donors (Lipinski definition) is 1. The van der Waals surface area contributed by atoms with Gasteiger partial charge in [-0.05, 0) is 19.1 Å². The van der Waals surface area contributed by atoms with Crippen molar-refractivity contribution in [2.24, 2.45) is 10.2 Å². The summed E-state index contributed by atoms with van der Waals surface area (Å²) in [6, 6.07) is 2.84. The number of aliphatic hydroxyl groups excluding tert-OH is 1. The molecule has 0 unspecified atom stereocenters. The molecule has 0 aliphatic carbocycles. The molecule has 0 radical (unpaired) electrons. The minimum Gasteiger partial charge on any atom is -0.513 e. The molecule has 0 spiro atoms. The second-order valence-corrected chi connectivity index (χ2v) is 3.03. The van der Waals surface area contributed by atoms with Crippen molar-refractivity contribution in [1.29, 1.82) is 0 Å². The molecule has 96 valence electrons. The maximum Gasteiger partial charge on any atom is 0.362 e. The van der Waals surface area contributed by atoms with E-state index in [0.717, 1.165) is 12.1 Å². The van der Waals surface area contributed by atoms with Gasteiger partial charge in [-0.25, -0.2) is 13.6 Å². The fourth-order valence-electron chi connectivity index (χ4n) is 0.983. The van der Waals surface area contributed by atoms with Gasteiger partial charge in [0, 0.05) is 6.07 Å². The molecule has 1 aromatic rings. The summed E-state index contributed by atoms with van der Waals surface area (Å²) in [6.45, 7) is 1.69. The van der Waals surface area contributed by atoms with Crippen molar-refractivity contribution in [1.82, 2.24) is 0 Å². The summed E-state index contributed by atoms with van der Waals surface area (Å²) in [5.74, 6) is -2.97. The van der Waals surface area contributed by atoms with Crippen LogP contribution < -0.4 is 0 Å². The summed E-state index contributed by atoms with van der Waals surface area (Å²) in [4.78, 5) is 11.2. The predicted octanol–water partition coefficient (Wildman–Crippen LogP) is 3.01. The monoisotopic (exact) mass is 256 g/mol. The van der Waals surface area contributed by atoms with Gasteiger partial charge >= 0.3 is 5.97 Å². The lowest BCUT2D eigenvalue weighted by Gasteiger charge is -1.99. The summed E-state index contributed by atoms with van der Waals surface area (Å²) in [5.41, 5.74) is -0.445. The van der Waals surface area contributed by atoms with Crippen LogP contribution in [0.3, 0.4) is 0 Å². The molecule has 1 N–H and O–H groups in total. The SMILES string of the molecule is CCOC(=O)C(=CO)N=Nc1ccc(F)c(F)c1. The quantitative estimate of drug-likeness (QED) is 0.389. The smallest absolute Gasteiger partial charge is 0.362 e. The first-order chi connectivity index (χ1) is 8.58. The maximum absolute atomic E-state index is 12.8. The van der Waals surface area contributed by atoms with Crippen molar-refractivity contribution in [2.45, 2.75) is 6.92 Å². The number of azo groups is 1. The van der Waals surface area contributed by atoms with Crippen LogP contribution in [0.2, 0.25) is 0 Å². The average molecular weight is 256 g/mol. The molecule has 0 heterocycles. The zero-order chi connectivity index (χ0) is 13.5. The Labute approximate surface area is 101 Å². The van der Waals surface area contributed by atoms with Crippen LogP contribution in [-0.2, 0) is 9.53 Å². The Kier molecular flexibility index (Phi) is 4.91. The van der Waals surface area contributed by atoms with Crippen LogP contribution in [0.1, 0.15) is 6.92 Å². The molecule has 0 bridgehead atoms. The minimum atomic E-state index is -1.09. The molecule has 5 nitrogen and oxygen atoms in total. The third-order valence-corrected chi connectivity index (χ3v) is 1.78. The van der Waals surface area contributed by atoms with Crippen LogP contribution in [0.4, 0.5) is 14.5 Å². The Hall–Kier alpha value is -2.31. The fraction of sp³-hybridized carbons (Fsp3) is 0.182. The molecular formula is C11H10F2N2O3. The minimum absolute atomic E-state index is 0.00227. The van der Waals surface area contributed by atoms with Crippen LogP contribution >= 0.6 is 0 Å². The van der Waals surface area contributed by atoms with Gasteiger partial charge in [-0.3, -0.25) is 0 Å². The molecule has 0 aliphatic rings. The molecule has 7 heteroatoms. The number of halogens is 2. The number of carbonyl (C=O) groups excluding carboxylic acids is 1. The van der Waals surface area contributed by atoms with E-state index in [2.05, 4.69) is 15.0 Å². The van der Waals surface area contributed by atoms with Gasteiger partial charge in [-0.1, -0.05) is 0 Å². The molecule has 0 fully saturated rings. The van der Waals surface area contributed by atoms with Crippen molar-refractivity contribution >= 4 is 11.7 Å². The van der Waals surface area contributed by atoms with Gasteiger partial charge in [-0.15, -0.1) is 5.11 Å². The van der Waals surface area contributed by atoms with Crippen LogP contribution in [0.5, 0.6) is 0 Å². The van der Waals surface area contributed by atoms with Crippen LogP contribution in [0, 0.1) is 11.6 Å². The zero-order valence-electron chi connectivity index (χ0n) is 9.43. The van der Waals surface area contributed by atoms with Gasteiger partial charge < -0.3 is 9.84 Å². The lowest BCUT2D eigenvalue weighted by molar-refractivity contribution is -0.138. The Bertz CT molecular complexity index is 501. The van der Waals surface area contributed by atoms with E-state index in [4.69, 9.17) is 5.11 Å². The highest BCUT2D eigenvalue weighted by Gasteiger charge is 2.10. The normalized spacial score (nSPS) is 11.8. The summed E-state index contributed by atoms with van der Waals surface area (Å²) in [6.07, 6.45) is 0.418. The molecule has 0 saturated heterocycles. The molecule has 0 aliphatic heterocycles. The van der Waals surface area contributed by atoms with E-state index in [9.17, 15) is 13.6 Å². The third-order valence-electron chi connectivity index (χ3n) is 1.78. The largest absolute Gasteiger partial charge is 0.513 e. The predicted molar refractivity (Wildman–Crippen MR) is 58.2 cm³/mol. The van der Waals surface area contributed by atoms with Crippen molar-refractivity contribution in [3.05, 3.63) is 41.8 Å². The maximum atomic E-state index is 12.8. The molecule has 1 aromatic carbocycles. The molecule has 0 atom stereocenters. The first kappa shape index (κ1) is 13.8. The highest BCUT2D eigenvalue weighted by atomic mass is 19.2. The van der Waals surface area contributed by atoms with Gasteiger partial charge in [0.25, 0.3) is 0 Å². The van der Waals surface area contributed by atoms with E-state index in [1.54, 1.807) is 6.92 Å². The molecule has 0 amide bonds. The second-order valence-electron chi connectivity index (χ2n) is 3.03. The third kappa shape index (κ3) is 3.62. The van der Waals surface area contributed by atoms with Gasteiger partial charge in [0.1, 0.15) is 6.26 Å². The topological polar surface area (TPSA) is 71.2 Å². The Morgan fingerprint density at radius 1 is 1.44 bits per heavy atom. The van der Waals surface area contributed by atoms with Gasteiger partial charge in [0.05, 0.1) is 12.3 Å². The first-order valence-electron chi connectivity index (χ1n) is 4.96. The average Bonchev–Trinajstić information content (AvgIpc) is 2.34. The van der Waals surface area contributed by atoms with E-state index in [-0.39, 0.29) is 12.3 Å². The summed E-state index contributed by atoms with van der Waals surface area (Å²) < 4.78 is 30.0. The number of aliphatic hydroxyl groups is 1. The van der Waals surface area contributed by atoms with Gasteiger partial charge in [-0.2, -0.15) is 5.11 Å². The van der Waals surface area contributed by atoms with Crippen LogP contribution in [0.15, 0.2) is 40.4 Å². The number of nitrogens with zero attached hydrogens (tertiary/aromatic N) is 2. The Morgan fingerprint density at radius 3 is 2.72 bits per heavy atom. The summed E-state index contributed by atoms with van der Waals surface area (Å²) in [5, 5.41) is 15.6. The van der Waals surface area contributed by atoms with E-state index in [1.165, 1.54) is 6.07 Å². The first-order valence-corrected chi connectivity index (χ1v) is 4.96. The fourth-order valence-corrected chi connectivity index (χ4v) is 0.983. The lowest BCUT2D eigenvalue weighted by Crippen LogP contribution is -2.05. The number of hydrogen-bond acceptors (Lipinski definition) is 5. The highest BCUT2D eigenvalue weighted by Crippen LogP contribution is 2.17.